The van der Waals surface area contributed by atoms with Gasteiger partial charge in [-0.25, -0.2) is 4.57 Å². The predicted octanol–water partition coefficient (Wildman–Crippen LogP) is 4.95. The molecule has 0 amide bonds. The Morgan fingerprint density at radius 3 is 2.33 bits per heavy atom. The average molecular weight is 319 g/mol. The standard InChI is InChI=1S/C22H27N2/c1-14-10-11-24(7)20(12-14)18-13-19(22(4,5)6)21-17(16(18)3)9-8-15(2)23-21/h8-13H,1-7H3/q+1. The van der Waals surface area contributed by atoms with E-state index in [1.807, 2.05) is 0 Å². The van der Waals surface area contributed by atoms with E-state index in [2.05, 4.69) is 89.7 Å². The maximum absolute atomic E-state index is 4.87. The Labute approximate surface area is 145 Å². The van der Waals surface area contributed by atoms with Crippen molar-refractivity contribution in [2.75, 3.05) is 0 Å². The van der Waals surface area contributed by atoms with Crippen molar-refractivity contribution in [3.8, 4) is 11.3 Å². The molecule has 2 heteroatoms. The lowest BCUT2D eigenvalue weighted by atomic mass is 9.82. The number of nitrogens with zero attached hydrogens (tertiary/aromatic N) is 2. The van der Waals surface area contributed by atoms with Crippen molar-refractivity contribution in [1.29, 1.82) is 0 Å². The number of aryl methyl sites for hydroxylation is 4. The molecular weight excluding hydrogens is 292 g/mol. The zero-order valence-electron chi connectivity index (χ0n) is 15.9. The van der Waals surface area contributed by atoms with Crippen molar-refractivity contribution in [3.63, 3.8) is 0 Å². The van der Waals surface area contributed by atoms with Crippen molar-refractivity contribution in [2.45, 2.75) is 47.0 Å². The van der Waals surface area contributed by atoms with Gasteiger partial charge < -0.3 is 0 Å². The first-order chi connectivity index (χ1) is 11.2. The minimum Gasteiger partial charge on any atom is -0.253 e. The van der Waals surface area contributed by atoms with Gasteiger partial charge in [0.15, 0.2) is 6.20 Å². The van der Waals surface area contributed by atoms with Gasteiger partial charge >= 0.3 is 0 Å². The van der Waals surface area contributed by atoms with E-state index >= 15 is 0 Å². The van der Waals surface area contributed by atoms with E-state index < -0.39 is 0 Å². The van der Waals surface area contributed by atoms with Crippen LogP contribution in [0.3, 0.4) is 0 Å². The van der Waals surface area contributed by atoms with Crippen LogP contribution in [0.4, 0.5) is 0 Å². The summed E-state index contributed by atoms with van der Waals surface area (Å²) >= 11 is 0. The van der Waals surface area contributed by atoms with Crippen molar-refractivity contribution in [2.24, 2.45) is 7.05 Å². The van der Waals surface area contributed by atoms with Crippen LogP contribution in [0.15, 0.2) is 36.5 Å². The molecule has 1 aromatic carbocycles. The molecule has 2 heterocycles. The van der Waals surface area contributed by atoms with Crippen LogP contribution in [0.25, 0.3) is 22.2 Å². The highest BCUT2D eigenvalue weighted by molar-refractivity contribution is 5.91. The number of benzene rings is 1. The van der Waals surface area contributed by atoms with Crippen LogP contribution >= 0.6 is 0 Å². The fraction of sp³-hybridized carbons (Fsp3) is 0.364. The molecule has 0 spiro atoms. The molecule has 0 saturated heterocycles. The molecule has 2 nitrogen and oxygen atoms in total. The molecular formula is C22H27N2+. The van der Waals surface area contributed by atoms with Crippen LogP contribution in [0.1, 0.15) is 43.2 Å². The van der Waals surface area contributed by atoms with Crippen LogP contribution in [0.2, 0.25) is 0 Å². The zero-order chi connectivity index (χ0) is 17.6. The number of aromatic nitrogens is 2. The van der Waals surface area contributed by atoms with Gasteiger partial charge in [0.2, 0.25) is 5.69 Å². The van der Waals surface area contributed by atoms with Crippen LogP contribution in [-0.2, 0) is 12.5 Å². The summed E-state index contributed by atoms with van der Waals surface area (Å²) in [4.78, 5) is 4.87. The highest BCUT2D eigenvalue weighted by atomic mass is 14.9. The Balaban J connectivity index is 2.44. The molecule has 0 bridgehead atoms. The molecule has 124 valence electrons. The summed E-state index contributed by atoms with van der Waals surface area (Å²) < 4.78 is 2.20. The van der Waals surface area contributed by atoms with Gasteiger partial charge in [-0.2, -0.15) is 0 Å². The van der Waals surface area contributed by atoms with Crippen molar-refractivity contribution < 1.29 is 4.57 Å². The maximum atomic E-state index is 4.87. The predicted molar refractivity (Wildman–Crippen MR) is 101 cm³/mol. The van der Waals surface area contributed by atoms with Gasteiger partial charge in [-0.15, -0.1) is 0 Å². The third kappa shape index (κ3) is 2.82. The second-order valence-electron chi connectivity index (χ2n) is 7.90. The normalized spacial score (nSPS) is 12.0. The summed E-state index contributed by atoms with van der Waals surface area (Å²) in [6, 6.07) is 11.1. The van der Waals surface area contributed by atoms with Crippen LogP contribution in [0, 0.1) is 20.8 Å². The van der Waals surface area contributed by atoms with Gasteiger partial charge in [0.25, 0.3) is 0 Å². The number of pyridine rings is 2. The van der Waals surface area contributed by atoms with Crippen LogP contribution < -0.4 is 4.57 Å². The van der Waals surface area contributed by atoms with Crippen molar-refractivity contribution >= 4 is 10.9 Å². The van der Waals surface area contributed by atoms with E-state index in [0.717, 1.165) is 11.2 Å². The molecule has 0 aliphatic carbocycles. The molecule has 2 aromatic heterocycles. The molecule has 0 atom stereocenters. The maximum Gasteiger partial charge on any atom is 0.212 e. The largest absolute Gasteiger partial charge is 0.253 e. The van der Waals surface area contributed by atoms with E-state index in [0.29, 0.717) is 0 Å². The molecule has 0 aliphatic rings. The molecule has 0 unspecified atom stereocenters. The van der Waals surface area contributed by atoms with Gasteiger partial charge in [0.05, 0.1) is 11.1 Å². The number of hydrogen-bond donors (Lipinski definition) is 0. The molecule has 3 aromatic rings. The Morgan fingerprint density at radius 1 is 0.958 bits per heavy atom. The lowest BCUT2D eigenvalue weighted by Gasteiger charge is -2.23. The van der Waals surface area contributed by atoms with Gasteiger partial charge in [-0.1, -0.05) is 26.8 Å². The van der Waals surface area contributed by atoms with Gasteiger partial charge in [0.1, 0.15) is 7.05 Å². The fourth-order valence-corrected chi connectivity index (χ4v) is 3.31. The van der Waals surface area contributed by atoms with Crippen LogP contribution in [-0.4, -0.2) is 4.98 Å². The SMILES string of the molecule is Cc1cc[n+](C)c(-c2cc(C(C)(C)C)c3nc(C)ccc3c2C)c1. The monoisotopic (exact) mass is 319 g/mol. The van der Waals surface area contributed by atoms with E-state index in [4.69, 9.17) is 4.98 Å². The van der Waals surface area contributed by atoms with E-state index in [9.17, 15) is 0 Å². The minimum absolute atomic E-state index is 0.0455. The second kappa shape index (κ2) is 5.70. The smallest absolute Gasteiger partial charge is 0.212 e. The molecule has 0 fully saturated rings. The lowest BCUT2D eigenvalue weighted by molar-refractivity contribution is -0.660. The average Bonchev–Trinajstić information content (AvgIpc) is 2.49. The molecule has 3 rings (SSSR count). The summed E-state index contributed by atoms with van der Waals surface area (Å²) in [7, 11) is 2.11. The van der Waals surface area contributed by atoms with Crippen LogP contribution in [0.5, 0.6) is 0 Å². The number of hydrogen-bond acceptors (Lipinski definition) is 1. The van der Waals surface area contributed by atoms with Crippen molar-refractivity contribution in [3.05, 3.63) is 58.9 Å². The Bertz CT molecular complexity index is 931. The molecule has 0 N–H and O–H groups in total. The molecule has 0 radical (unpaired) electrons. The third-order valence-electron chi connectivity index (χ3n) is 4.78. The Kier molecular flexibility index (Phi) is 3.95. The number of rotatable bonds is 1. The molecule has 0 aliphatic heterocycles. The topological polar surface area (TPSA) is 16.8 Å². The Morgan fingerprint density at radius 2 is 1.67 bits per heavy atom. The summed E-state index contributed by atoms with van der Waals surface area (Å²) in [5.41, 5.74) is 8.69. The summed E-state index contributed by atoms with van der Waals surface area (Å²) in [6.45, 7) is 13.2. The fourth-order valence-electron chi connectivity index (χ4n) is 3.31. The van der Waals surface area contributed by atoms with Gasteiger partial charge in [-0.3, -0.25) is 4.98 Å². The highest BCUT2D eigenvalue weighted by Crippen LogP contribution is 2.36. The molecule has 0 saturated carbocycles. The second-order valence-corrected chi connectivity index (χ2v) is 7.90. The quantitative estimate of drug-likeness (QED) is 0.580. The van der Waals surface area contributed by atoms with E-state index in [1.54, 1.807) is 0 Å². The summed E-state index contributed by atoms with van der Waals surface area (Å²) in [5, 5.41) is 1.25. The Hall–Kier alpha value is -2.22. The molecule has 24 heavy (non-hydrogen) atoms. The van der Waals surface area contributed by atoms with Crippen molar-refractivity contribution in [1.82, 2.24) is 4.98 Å². The van der Waals surface area contributed by atoms with Gasteiger partial charge in [0, 0.05) is 23.2 Å². The third-order valence-corrected chi connectivity index (χ3v) is 4.78. The van der Waals surface area contributed by atoms with Gasteiger partial charge in [-0.05, 0) is 55.0 Å². The first-order valence-electron chi connectivity index (χ1n) is 8.56. The summed E-state index contributed by atoms with van der Waals surface area (Å²) in [6.07, 6.45) is 2.14. The zero-order valence-corrected chi connectivity index (χ0v) is 15.9. The minimum atomic E-state index is 0.0455. The highest BCUT2D eigenvalue weighted by Gasteiger charge is 2.23. The van der Waals surface area contributed by atoms with E-state index in [1.165, 1.54) is 33.3 Å². The summed E-state index contributed by atoms with van der Waals surface area (Å²) in [5.74, 6) is 0. The lowest BCUT2D eigenvalue weighted by Crippen LogP contribution is -2.30. The number of fused-ring (bicyclic) bond motifs is 1. The first-order valence-corrected chi connectivity index (χ1v) is 8.56. The first kappa shape index (κ1) is 16.6. The van der Waals surface area contributed by atoms with E-state index in [-0.39, 0.29) is 5.41 Å².